The molecule has 27 heavy (non-hydrogen) atoms. The molecule has 144 valence electrons. The fraction of sp³-hybridized carbons (Fsp3) is 0.444. The van der Waals surface area contributed by atoms with Gasteiger partial charge in [-0.1, -0.05) is 12.1 Å². The van der Waals surface area contributed by atoms with Crippen LogP contribution in [0.2, 0.25) is 0 Å². The van der Waals surface area contributed by atoms with E-state index in [2.05, 4.69) is 10.4 Å². The molecule has 0 saturated carbocycles. The predicted octanol–water partition coefficient (Wildman–Crippen LogP) is 0.922. The number of hydrogen-bond donors (Lipinski definition) is 1. The maximum Gasteiger partial charge on any atom is 0.247 e. The number of hydrogen-bond acceptors (Lipinski definition) is 5. The monoisotopic (exact) mass is 390 g/mol. The summed E-state index contributed by atoms with van der Waals surface area (Å²) in [4.78, 5) is 12.4. The largest absolute Gasteiger partial charge is 0.490 e. The Morgan fingerprint density at radius 3 is 2.93 bits per heavy atom. The number of carbonyl (C=O) groups excluding carboxylic acids is 1. The smallest absolute Gasteiger partial charge is 0.247 e. The highest BCUT2D eigenvalue weighted by atomic mass is 32.2. The molecule has 1 aromatic heterocycles. The van der Waals surface area contributed by atoms with Crippen LogP contribution in [0.1, 0.15) is 18.5 Å². The minimum absolute atomic E-state index is 0.107. The number of para-hydroxylation sites is 1. The number of aryl methyl sites for hydroxylation is 2. The molecule has 8 nitrogen and oxygen atoms in total. The third-order valence-corrected chi connectivity index (χ3v) is 6.90. The summed E-state index contributed by atoms with van der Waals surface area (Å²) in [5.41, 5.74) is 0.907. The van der Waals surface area contributed by atoms with Crippen LogP contribution in [-0.2, 0) is 21.4 Å². The van der Waals surface area contributed by atoms with Crippen LogP contribution in [-0.4, -0.2) is 53.6 Å². The number of carbonyl (C=O) groups is 1. The highest BCUT2D eigenvalue weighted by molar-refractivity contribution is 7.89. The van der Waals surface area contributed by atoms with E-state index in [1.807, 2.05) is 19.2 Å². The first kappa shape index (κ1) is 18.0. The van der Waals surface area contributed by atoms with E-state index in [0.717, 1.165) is 5.69 Å². The lowest BCUT2D eigenvalue weighted by Gasteiger charge is -2.19. The zero-order chi connectivity index (χ0) is 19.0. The molecule has 1 saturated heterocycles. The fourth-order valence-corrected chi connectivity index (χ4v) is 5.44. The van der Waals surface area contributed by atoms with E-state index in [1.165, 1.54) is 4.31 Å². The van der Waals surface area contributed by atoms with Gasteiger partial charge in [-0.15, -0.1) is 0 Å². The Labute approximate surface area is 158 Å². The number of benzene rings is 1. The SMILES string of the molecule is Cc1ccn(CCC(=O)N[C@H]2C[C@H]3COc4ccccc4S(=O)(=O)N3C2)n1. The van der Waals surface area contributed by atoms with Crippen molar-refractivity contribution >= 4 is 15.9 Å². The molecule has 4 rings (SSSR count). The van der Waals surface area contributed by atoms with Gasteiger partial charge in [0.05, 0.1) is 11.7 Å². The van der Waals surface area contributed by atoms with E-state index in [0.29, 0.717) is 25.1 Å². The number of nitrogens with one attached hydrogen (secondary N) is 1. The van der Waals surface area contributed by atoms with Crippen LogP contribution in [0.25, 0.3) is 0 Å². The first-order valence-electron chi connectivity index (χ1n) is 8.96. The standard InChI is InChI=1S/C18H22N4O4S/c1-13-6-8-21(20-13)9-7-18(23)19-14-10-15-12-26-16-4-2-3-5-17(16)27(24,25)22(15)11-14/h2-6,8,14-15H,7,9-12H2,1H3,(H,19,23)/t14-,15-/m0/s1. The van der Waals surface area contributed by atoms with E-state index in [1.54, 1.807) is 28.9 Å². The second-order valence-corrected chi connectivity index (χ2v) is 8.82. The Kier molecular flexibility index (Phi) is 4.65. The normalized spacial score (nSPS) is 23.7. The molecule has 0 spiro atoms. The number of sulfonamides is 1. The summed E-state index contributed by atoms with van der Waals surface area (Å²) in [6.45, 7) is 2.94. The maximum atomic E-state index is 13.0. The summed E-state index contributed by atoms with van der Waals surface area (Å²) in [7, 11) is -3.63. The molecule has 2 aromatic rings. The molecule has 1 N–H and O–H groups in total. The van der Waals surface area contributed by atoms with Gasteiger partial charge in [0.2, 0.25) is 15.9 Å². The number of amides is 1. The average molecular weight is 390 g/mol. The van der Waals surface area contributed by atoms with Gasteiger partial charge in [0.25, 0.3) is 0 Å². The minimum Gasteiger partial charge on any atom is -0.490 e. The van der Waals surface area contributed by atoms with Crippen LogP contribution >= 0.6 is 0 Å². The summed E-state index contributed by atoms with van der Waals surface area (Å²) < 4.78 is 34.8. The molecule has 2 aliphatic heterocycles. The van der Waals surface area contributed by atoms with Gasteiger partial charge in [0.15, 0.2) is 0 Å². The first-order chi connectivity index (χ1) is 12.9. The second kappa shape index (κ2) is 6.97. The van der Waals surface area contributed by atoms with Crippen LogP contribution in [0.4, 0.5) is 0 Å². The summed E-state index contributed by atoms with van der Waals surface area (Å²) in [6.07, 6.45) is 2.68. The molecular formula is C18H22N4O4S. The quantitative estimate of drug-likeness (QED) is 0.838. The van der Waals surface area contributed by atoms with Crippen molar-refractivity contribution < 1.29 is 17.9 Å². The van der Waals surface area contributed by atoms with Crippen molar-refractivity contribution in [2.45, 2.75) is 43.3 Å². The van der Waals surface area contributed by atoms with Crippen molar-refractivity contribution in [1.29, 1.82) is 0 Å². The fourth-order valence-electron chi connectivity index (χ4n) is 3.64. The summed E-state index contributed by atoms with van der Waals surface area (Å²) >= 11 is 0. The lowest BCUT2D eigenvalue weighted by Crippen LogP contribution is -2.39. The van der Waals surface area contributed by atoms with Gasteiger partial charge in [-0.2, -0.15) is 9.40 Å². The number of nitrogens with zero attached hydrogens (tertiary/aromatic N) is 3. The van der Waals surface area contributed by atoms with E-state index in [4.69, 9.17) is 4.74 Å². The topological polar surface area (TPSA) is 93.5 Å². The third-order valence-electron chi connectivity index (χ3n) is 4.94. The van der Waals surface area contributed by atoms with Crippen LogP contribution in [0.5, 0.6) is 5.75 Å². The Bertz CT molecular complexity index is 956. The highest BCUT2D eigenvalue weighted by Gasteiger charge is 2.44. The number of ether oxygens (including phenoxy) is 1. The Morgan fingerprint density at radius 1 is 1.33 bits per heavy atom. The third kappa shape index (κ3) is 3.57. The van der Waals surface area contributed by atoms with Crippen molar-refractivity contribution in [3.63, 3.8) is 0 Å². The lowest BCUT2D eigenvalue weighted by atomic mass is 10.2. The molecule has 0 unspecified atom stereocenters. The molecule has 9 heteroatoms. The van der Waals surface area contributed by atoms with Gasteiger partial charge in [-0.25, -0.2) is 8.42 Å². The Morgan fingerprint density at radius 2 is 2.15 bits per heavy atom. The molecular weight excluding hydrogens is 368 g/mol. The molecule has 3 heterocycles. The van der Waals surface area contributed by atoms with Gasteiger partial charge >= 0.3 is 0 Å². The van der Waals surface area contributed by atoms with Gasteiger partial charge in [-0.05, 0) is 31.5 Å². The lowest BCUT2D eigenvalue weighted by molar-refractivity contribution is -0.122. The molecule has 2 atom stereocenters. The van der Waals surface area contributed by atoms with E-state index in [-0.39, 0.29) is 36.0 Å². The second-order valence-electron chi connectivity index (χ2n) is 6.96. The molecule has 0 bridgehead atoms. The zero-order valence-corrected chi connectivity index (χ0v) is 15.9. The van der Waals surface area contributed by atoms with Crippen LogP contribution in [0.15, 0.2) is 41.4 Å². The first-order valence-corrected chi connectivity index (χ1v) is 10.4. The van der Waals surface area contributed by atoms with Crippen LogP contribution < -0.4 is 10.1 Å². The summed E-state index contributed by atoms with van der Waals surface area (Å²) in [5.74, 6) is 0.284. The molecule has 2 aliphatic rings. The number of aromatic nitrogens is 2. The van der Waals surface area contributed by atoms with Crippen molar-refractivity contribution in [3.05, 3.63) is 42.2 Å². The van der Waals surface area contributed by atoms with Crippen LogP contribution in [0, 0.1) is 6.92 Å². The molecule has 1 aromatic carbocycles. The van der Waals surface area contributed by atoms with E-state index in [9.17, 15) is 13.2 Å². The van der Waals surface area contributed by atoms with Gasteiger partial charge in [0, 0.05) is 31.7 Å². The van der Waals surface area contributed by atoms with E-state index >= 15 is 0 Å². The number of fused-ring (bicyclic) bond motifs is 2. The maximum absolute atomic E-state index is 13.0. The van der Waals surface area contributed by atoms with Gasteiger partial charge in [-0.3, -0.25) is 9.48 Å². The summed E-state index contributed by atoms with van der Waals surface area (Å²) in [5, 5.41) is 7.21. The minimum atomic E-state index is -3.63. The Hall–Kier alpha value is -2.39. The predicted molar refractivity (Wildman–Crippen MR) is 97.7 cm³/mol. The molecule has 1 fully saturated rings. The average Bonchev–Trinajstić information content (AvgIpc) is 3.22. The van der Waals surface area contributed by atoms with Crippen molar-refractivity contribution in [2.75, 3.05) is 13.2 Å². The summed E-state index contributed by atoms with van der Waals surface area (Å²) in [6, 6.07) is 8.07. The zero-order valence-electron chi connectivity index (χ0n) is 15.0. The molecule has 0 radical (unpaired) electrons. The van der Waals surface area contributed by atoms with Crippen molar-refractivity contribution in [3.8, 4) is 5.75 Å². The van der Waals surface area contributed by atoms with Gasteiger partial charge in [0.1, 0.15) is 17.3 Å². The van der Waals surface area contributed by atoms with Crippen molar-refractivity contribution in [1.82, 2.24) is 19.4 Å². The molecule has 1 amide bonds. The van der Waals surface area contributed by atoms with E-state index < -0.39 is 10.0 Å². The number of rotatable bonds is 4. The highest BCUT2D eigenvalue weighted by Crippen LogP contribution is 2.35. The molecule has 0 aliphatic carbocycles. The van der Waals surface area contributed by atoms with Crippen LogP contribution in [0.3, 0.4) is 0 Å². The van der Waals surface area contributed by atoms with Crippen molar-refractivity contribution in [2.24, 2.45) is 0 Å². The Balaban J connectivity index is 1.40. The van der Waals surface area contributed by atoms with Gasteiger partial charge < -0.3 is 10.1 Å².